The average Bonchev–Trinajstić information content (AvgIpc) is 2.38. The van der Waals surface area contributed by atoms with Gasteiger partial charge in [-0.05, 0) is 30.3 Å². The minimum atomic E-state index is -0.334. The molecule has 0 heterocycles. The highest BCUT2D eigenvalue weighted by Gasteiger charge is 2.07. The van der Waals surface area contributed by atoms with Crippen molar-refractivity contribution < 1.29 is 9.13 Å². The van der Waals surface area contributed by atoms with Crippen molar-refractivity contribution in [3.05, 3.63) is 57.8 Å². The Morgan fingerprint density at radius 1 is 1.16 bits per heavy atom. The zero-order chi connectivity index (χ0) is 13.8. The van der Waals surface area contributed by atoms with E-state index in [2.05, 4.69) is 5.32 Å². The molecule has 19 heavy (non-hydrogen) atoms. The summed E-state index contributed by atoms with van der Waals surface area (Å²) in [7, 11) is 1.55. The van der Waals surface area contributed by atoms with E-state index in [1.165, 1.54) is 6.07 Å². The van der Waals surface area contributed by atoms with E-state index in [1.807, 2.05) is 0 Å². The van der Waals surface area contributed by atoms with Crippen LogP contribution in [-0.4, -0.2) is 7.11 Å². The van der Waals surface area contributed by atoms with Gasteiger partial charge in [-0.3, -0.25) is 0 Å². The van der Waals surface area contributed by atoms with Crippen molar-refractivity contribution in [2.24, 2.45) is 0 Å². The van der Waals surface area contributed by atoms with Crippen molar-refractivity contribution in [1.29, 1.82) is 0 Å². The molecule has 0 amide bonds. The van der Waals surface area contributed by atoms with Crippen molar-refractivity contribution in [2.75, 3.05) is 12.4 Å². The highest BCUT2D eigenvalue weighted by atomic mass is 35.5. The molecule has 0 aliphatic heterocycles. The van der Waals surface area contributed by atoms with E-state index in [4.69, 9.17) is 27.9 Å². The van der Waals surface area contributed by atoms with Gasteiger partial charge in [-0.25, -0.2) is 4.39 Å². The quantitative estimate of drug-likeness (QED) is 0.879. The van der Waals surface area contributed by atoms with Crippen LogP contribution in [0, 0.1) is 5.82 Å². The largest absolute Gasteiger partial charge is 0.495 e. The second-order valence-corrected chi connectivity index (χ2v) is 4.72. The van der Waals surface area contributed by atoms with Crippen molar-refractivity contribution in [2.45, 2.75) is 6.54 Å². The van der Waals surface area contributed by atoms with E-state index >= 15 is 0 Å². The molecule has 2 rings (SSSR count). The summed E-state index contributed by atoms with van der Waals surface area (Å²) in [5, 5.41) is 3.96. The topological polar surface area (TPSA) is 21.3 Å². The third kappa shape index (κ3) is 3.31. The van der Waals surface area contributed by atoms with Gasteiger partial charge in [-0.1, -0.05) is 29.3 Å². The molecule has 0 aliphatic rings. The first-order valence-corrected chi connectivity index (χ1v) is 6.37. The van der Waals surface area contributed by atoms with Gasteiger partial charge in [0, 0.05) is 22.8 Å². The van der Waals surface area contributed by atoms with Gasteiger partial charge in [0.15, 0.2) is 0 Å². The third-order valence-electron chi connectivity index (χ3n) is 2.68. The van der Waals surface area contributed by atoms with Crippen LogP contribution >= 0.6 is 23.2 Å². The van der Waals surface area contributed by atoms with E-state index in [0.717, 1.165) is 5.69 Å². The van der Waals surface area contributed by atoms with Gasteiger partial charge in [0.1, 0.15) is 11.6 Å². The summed E-state index contributed by atoms with van der Waals surface area (Å²) in [6.07, 6.45) is 0. The number of benzene rings is 2. The lowest BCUT2D eigenvalue weighted by molar-refractivity contribution is 0.415. The van der Waals surface area contributed by atoms with Crippen LogP contribution in [0.3, 0.4) is 0 Å². The molecule has 0 bridgehead atoms. The lowest BCUT2D eigenvalue weighted by atomic mass is 10.2. The predicted molar refractivity (Wildman–Crippen MR) is 76.7 cm³/mol. The first-order chi connectivity index (χ1) is 9.11. The molecule has 0 aliphatic carbocycles. The molecule has 2 aromatic rings. The first kappa shape index (κ1) is 14.0. The van der Waals surface area contributed by atoms with Crippen molar-refractivity contribution >= 4 is 28.9 Å². The van der Waals surface area contributed by atoms with Gasteiger partial charge in [-0.15, -0.1) is 0 Å². The molecular weight excluding hydrogens is 288 g/mol. The number of methoxy groups -OCH3 is 1. The number of ether oxygens (including phenoxy) is 1. The second-order valence-electron chi connectivity index (χ2n) is 3.90. The average molecular weight is 300 g/mol. The maximum absolute atomic E-state index is 13.6. The fraction of sp³-hybridized carbons (Fsp3) is 0.143. The zero-order valence-corrected chi connectivity index (χ0v) is 11.7. The molecule has 0 atom stereocenters. The number of hydrogen-bond acceptors (Lipinski definition) is 2. The summed E-state index contributed by atoms with van der Waals surface area (Å²) >= 11 is 12.0. The summed E-state index contributed by atoms with van der Waals surface area (Å²) in [5.41, 5.74) is 1.20. The normalized spacial score (nSPS) is 10.3. The predicted octanol–water partition coefficient (Wildman–Crippen LogP) is 4.75. The number of rotatable bonds is 4. The minimum Gasteiger partial charge on any atom is -0.495 e. The molecule has 2 nitrogen and oxygen atoms in total. The maximum Gasteiger partial charge on any atom is 0.137 e. The smallest absolute Gasteiger partial charge is 0.137 e. The molecule has 0 spiro atoms. The summed E-state index contributed by atoms with van der Waals surface area (Å²) in [6.45, 7) is 0.286. The molecular formula is C14H12Cl2FNO. The van der Waals surface area contributed by atoms with Gasteiger partial charge < -0.3 is 10.1 Å². The van der Waals surface area contributed by atoms with Crippen molar-refractivity contribution in [3.63, 3.8) is 0 Å². The molecule has 5 heteroatoms. The maximum atomic E-state index is 13.6. The summed E-state index contributed by atoms with van der Waals surface area (Å²) in [4.78, 5) is 0. The van der Waals surface area contributed by atoms with Crippen LogP contribution < -0.4 is 10.1 Å². The van der Waals surface area contributed by atoms with Crippen LogP contribution in [0.15, 0.2) is 36.4 Å². The van der Waals surface area contributed by atoms with E-state index in [1.54, 1.807) is 37.4 Å². The Kier molecular flexibility index (Phi) is 4.51. The first-order valence-electron chi connectivity index (χ1n) is 5.62. The fourth-order valence-corrected chi connectivity index (χ4v) is 2.16. The molecule has 1 N–H and O–H groups in total. The van der Waals surface area contributed by atoms with Crippen LogP contribution in [0.25, 0.3) is 0 Å². The Hall–Kier alpha value is -1.45. The zero-order valence-electron chi connectivity index (χ0n) is 10.2. The standard InChI is InChI=1S/C14H12Cl2FNO/c1-19-14-6-5-9(7-12(14)16)18-8-10-11(15)3-2-4-13(10)17/h2-7,18H,8H2,1H3. The summed E-state index contributed by atoms with van der Waals surface area (Å²) < 4.78 is 18.6. The minimum absolute atomic E-state index is 0.286. The monoisotopic (exact) mass is 299 g/mol. The van der Waals surface area contributed by atoms with E-state index in [-0.39, 0.29) is 12.4 Å². The number of halogens is 3. The second kappa shape index (κ2) is 6.13. The molecule has 0 aromatic heterocycles. The van der Waals surface area contributed by atoms with Crippen molar-refractivity contribution in [3.8, 4) is 5.75 Å². The van der Waals surface area contributed by atoms with Crippen LogP contribution in [0.5, 0.6) is 5.75 Å². The van der Waals surface area contributed by atoms with E-state index in [0.29, 0.717) is 21.4 Å². The summed E-state index contributed by atoms with van der Waals surface area (Å²) in [5.74, 6) is 0.260. The Morgan fingerprint density at radius 3 is 2.58 bits per heavy atom. The van der Waals surface area contributed by atoms with Crippen LogP contribution in [0.2, 0.25) is 10.0 Å². The molecule has 100 valence electrons. The third-order valence-corrected chi connectivity index (χ3v) is 3.33. The number of hydrogen-bond donors (Lipinski definition) is 1. The molecule has 0 saturated heterocycles. The lowest BCUT2D eigenvalue weighted by Crippen LogP contribution is -2.02. The van der Waals surface area contributed by atoms with Crippen LogP contribution in [-0.2, 0) is 6.54 Å². The van der Waals surface area contributed by atoms with Gasteiger partial charge in [0.05, 0.1) is 12.1 Å². The number of anilines is 1. The Bertz CT molecular complexity index is 569. The Balaban J connectivity index is 2.13. The SMILES string of the molecule is COc1ccc(NCc2c(F)cccc2Cl)cc1Cl. The van der Waals surface area contributed by atoms with Gasteiger partial charge >= 0.3 is 0 Å². The molecule has 0 saturated carbocycles. The summed E-state index contributed by atoms with van der Waals surface area (Å²) in [6, 6.07) is 9.88. The van der Waals surface area contributed by atoms with Crippen LogP contribution in [0.1, 0.15) is 5.56 Å². The van der Waals surface area contributed by atoms with Crippen molar-refractivity contribution in [1.82, 2.24) is 0 Å². The molecule has 0 fully saturated rings. The van der Waals surface area contributed by atoms with E-state index in [9.17, 15) is 4.39 Å². The molecule has 0 unspecified atom stereocenters. The highest BCUT2D eigenvalue weighted by molar-refractivity contribution is 6.32. The lowest BCUT2D eigenvalue weighted by Gasteiger charge is -2.10. The van der Waals surface area contributed by atoms with Gasteiger partial charge in [0.25, 0.3) is 0 Å². The van der Waals surface area contributed by atoms with Gasteiger partial charge in [-0.2, -0.15) is 0 Å². The highest BCUT2D eigenvalue weighted by Crippen LogP contribution is 2.28. The molecule has 2 aromatic carbocycles. The fourth-order valence-electron chi connectivity index (χ4n) is 1.67. The Labute approximate surface area is 121 Å². The number of nitrogens with one attached hydrogen (secondary N) is 1. The van der Waals surface area contributed by atoms with Gasteiger partial charge in [0.2, 0.25) is 0 Å². The van der Waals surface area contributed by atoms with Crippen LogP contribution in [0.4, 0.5) is 10.1 Å². The Morgan fingerprint density at radius 2 is 1.95 bits per heavy atom. The molecule has 0 radical (unpaired) electrons. The van der Waals surface area contributed by atoms with E-state index < -0.39 is 0 Å².